The van der Waals surface area contributed by atoms with E-state index in [1.165, 1.54) is 19.1 Å². The van der Waals surface area contributed by atoms with E-state index in [1.807, 2.05) is 36.4 Å². The minimum absolute atomic E-state index is 0.105. The monoisotopic (exact) mass is 399 g/mol. The van der Waals surface area contributed by atoms with E-state index in [-0.39, 0.29) is 13.2 Å². The minimum atomic E-state index is -1.12. The molecule has 0 spiro atoms. The molecule has 1 aliphatic rings. The molecule has 0 aliphatic carbocycles. The van der Waals surface area contributed by atoms with Crippen molar-refractivity contribution in [2.45, 2.75) is 24.9 Å². The zero-order valence-corrected chi connectivity index (χ0v) is 16.6. The molecule has 154 valence electrons. The molecule has 7 heteroatoms. The number of benzene rings is 2. The molecule has 0 unspecified atom stereocenters. The van der Waals surface area contributed by atoms with E-state index in [0.717, 1.165) is 5.56 Å². The van der Waals surface area contributed by atoms with Crippen LogP contribution in [0.5, 0.6) is 0 Å². The maximum Gasteiger partial charge on any atom is 0.410 e. The Morgan fingerprint density at radius 1 is 1.00 bits per heavy atom. The number of likely N-dealkylation sites (tertiary alicyclic amines) is 1. The Bertz CT molecular complexity index is 807. The first kappa shape index (κ1) is 20.8. The smallest absolute Gasteiger partial charge is 0.410 e. The molecule has 1 amide bonds. The molecule has 2 aromatic rings. The van der Waals surface area contributed by atoms with Gasteiger partial charge in [0.25, 0.3) is 0 Å². The van der Waals surface area contributed by atoms with Gasteiger partial charge in [-0.2, -0.15) is 0 Å². The Hall–Kier alpha value is -2.90. The third-order valence-electron chi connectivity index (χ3n) is 5.02. The van der Waals surface area contributed by atoms with Crippen LogP contribution in [0.4, 0.5) is 4.79 Å². The first-order valence-corrected chi connectivity index (χ1v) is 9.40. The standard InChI is InChI=1S/C22H25NO6/c1-26-22(27-2)13-14-23(21(25)28-16-17-9-5-3-6-10-17)15-19(22)29-20(24)18-11-7-4-8-12-18/h3-12,19H,13-16H2,1-2H3/t19-/m0/s1. The third-order valence-corrected chi connectivity index (χ3v) is 5.02. The van der Waals surface area contributed by atoms with Crippen LogP contribution in [0.1, 0.15) is 22.3 Å². The van der Waals surface area contributed by atoms with Crippen LogP contribution in [-0.4, -0.2) is 56.2 Å². The van der Waals surface area contributed by atoms with Gasteiger partial charge in [0.15, 0.2) is 6.10 Å². The molecule has 0 aromatic heterocycles. The van der Waals surface area contributed by atoms with Gasteiger partial charge in [0.2, 0.25) is 5.79 Å². The van der Waals surface area contributed by atoms with Crippen LogP contribution in [0.15, 0.2) is 60.7 Å². The Labute approximate surface area is 170 Å². The van der Waals surface area contributed by atoms with E-state index < -0.39 is 24.0 Å². The molecule has 1 fully saturated rings. The summed E-state index contributed by atoms with van der Waals surface area (Å²) in [4.78, 5) is 26.6. The summed E-state index contributed by atoms with van der Waals surface area (Å²) in [6.07, 6.45) is -0.939. The van der Waals surface area contributed by atoms with Crippen molar-refractivity contribution in [2.24, 2.45) is 0 Å². The molecule has 0 radical (unpaired) electrons. The summed E-state index contributed by atoms with van der Waals surface area (Å²) in [7, 11) is 2.99. The van der Waals surface area contributed by atoms with Gasteiger partial charge in [-0.25, -0.2) is 9.59 Å². The number of carbonyl (C=O) groups is 2. The Kier molecular flexibility index (Phi) is 6.85. The summed E-state index contributed by atoms with van der Waals surface area (Å²) in [6.45, 7) is 0.632. The van der Waals surface area contributed by atoms with E-state index in [4.69, 9.17) is 18.9 Å². The van der Waals surface area contributed by atoms with E-state index in [0.29, 0.717) is 18.5 Å². The molecular formula is C22H25NO6. The van der Waals surface area contributed by atoms with Crippen molar-refractivity contribution < 1.29 is 28.5 Å². The van der Waals surface area contributed by atoms with Gasteiger partial charge < -0.3 is 23.8 Å². The maximum atomic E-state index is 12.6. The van der Waals surface area contributed by atoms with Crippen molar-refractivity contribution >= 4 is 12.1 Å². The first-order chi connectivity index (χ1) is 14.1. The highest BCUT2D eigenvalue weighted by molar-refractivity contribution is 5.89. The lowest BCUT2D eigenvalue weighted by atomic mass is 10.00. The van der Waals surface area contributed by atoms with E-state index in [1.54, 1.807) is 24.3 Å². The SMILES string of the molecule is COC1(OC)CCN(C(=O)OCc2ccccc2)C[C@@H]1OC(=O)c1ccccc1. The highest BCUT2D eigenvalue weighted by Gasteiger charge is 2.48. The second kappa shape index (κ2) is 9.54. The fourth-order valence-corrected chi connectivity index (χ4v) is 3.31. The van der Waals surface area contributed by atoms with Gasteiger partial charge in [0, 0.05) is 27.2 Å². The summed E-state index contributed by atoms with van der Waals surface area (Å²) >= 11 is 0. The molecule has 1 aliphatic heterocycles. The minimum Gasteiger partial charge on any atom is -0.451 e. The van der Waals surface area contributed by atoms with Crippen LogP contribution in [0.3, 0.4) is 0 Å². The average Bonchev–Trinajstić information content (AvgIpc) is 2.79. The van der Waals surface area contributed by atoms with Gasteiger partial charge in [-0.1, -0.05) is 48.5 Å². The number of hydrogen-bond acceptors (Lipinski definition) is 6. The van der Waals surface area contributed by atoms with Crippen molar-refractivity contribution in [3.05, 3.63) is 71.8 Å². The summed E-state index contributed by atoms with van der Waals surface area (Å²) in [5.74, 6) is -1.63. The Morgan fingerprint density at radius 2 is 1.62 bits per heavy atom. The molecule has 7 nitrogen and oxygen atoms in total. The van der Waals surface area contributed by atoms with E-state index in [9.17, 15) is 9.59 Å². The molecule has 1 saturated heterocycles. The quantitative estimate of drug-likeness (QED) is 0.548. The highest BCUT2D eigenvalue weighted by atomic mass is 16.7. The zero-order valence-electron chi connectivity index (χ0n) is 16.6. The number of piperidine rings is 1. The lowest BCUT2D eigenvalue weighted by Gasteiger charge is -2.44. The Morgan fingerprint density at radius 3 is 2.24 bits per heavy atom. The van der Waals surface area contributed by atoms with E-state index >= 15 is 0 Å². The first-order valence-electron chi connectivity index (χ1n) is 9.40. The topological polar surface area (TPSA) is 74.3 Å². The lowest BCUT2D eigenvalue weighted by Crippen LogP contribution is -2.60. The van der Waals surface area contributed by atoms with Crippen LogP contribution in [-0.2, 0) is 25.6 Å². The van der Waals surface area contributed by atoms with Crippen molar-refractivity contribution in [2.75, 3.05) is 27.3 Å². The van der Waals surface area contributed by atoms with Crippen LogP contribution < -0.4 is 0 Å². The second-order valence-corrected chi connectivity index (χ2v) is 6.72. The number of rotatable bonds is 6. The van der Waals surface area contributed by atoms with Gasteiger partial charge in [0.1, 0.15) is 6.61 Å². The molecule has 0 N–H and O–H groups in total. The fraction of sp³-hybridized carbons (Fsp3) is 0.364. The number of hydrogen-bond donors (Lipinski definition) is 0. The predicted octanol–water partition coefficient (Wildman–Crippen LogP) is 3.24. The van der Waals surface area contributed by atoms with E-state index in [2.05, 4.69) is 0 Å². The lowest BCUT2D eigenvalue weighted by molar-refractivity contribution is -0.275. The van der Waals surface area contributed by atoms with Crippen molar-refractivity contribution in [1.29, 1.82) is 0 Å². The molecule has 29 heavy (non-hydrogen) atoms. The number of methoxy groups -OCH3 is 2. The molecule has 1 atom stereocenters. The maximum absolute atomic E-state index is 12.6. The summed E-state index contributed by atoms with van der Waals surface area (Å²) < 4.78 is 22.2. The van der Waals surface area contributed by atoms with Gasteiger partial charge in [-0.3, -0.25) is 0 Å². The molecule has 0 bridgehead atoms. The molecule has 1 heterocycles. The molecular weight excluding hydrogens is 374 g/mol. The third kappa shape index (κ3) is 4.93. The molecule has 3 rings (SSSR count). The van der Waals surface area contributed by atoms with Gasteiger partial charge >= 0.3 is 12.1 Å². The number of carbonyl (C=O) groups excluding carboxylic acids is 2. The van der Waals surface area contributed by atoms with Crippen LogP contribution >= 0.6 is 0 Å². The molecule has 2 aromatic carbocycles. The van der Waals surface area contributed by atoms with Gasteiger partial charge in [0.05, 0.1) is 12.1 Å². The van der Waals surface area contributed by atoms with Crippen molar-refractivity contribution in [3.8, 4) is 0 Å². The Balaban J connectivity index is 1.68. The van der Waals surface area contributed by atoms with Crippen LogP contribution in [0.25, 0.3) is 0 Å². The van der Waals surface area contributed by atoms with Crippen LogP contribution in [0.2, 0.25) is 0 Å². The van der Waals surface area contributed by atoms with Gasteiger partial charge in [-0.05, 0) is 17.7 Å². The zero-order chi connectivity index (χ0) is 20.7. The normalized spacial score (nSPS) is 18.1. The summed E-state index contributed by atoms with van der Waals surface area (Å²) in [5.41, 5.74) is 1.31. The largest absolute Gasteiger partial charge is 0.451 e. The van der Waals surface area contributed by atoms with Gasteiger partial charge in [-0.15, -0.1) is 0 Å². The number of esters is 1. The number of ether oxygens (including phenoxy) is 4. The number of amides is 1. The van der Waals surface area contributed by atoms with Crippen LogP contribution in [0, 0.1) is 0 Å². The summed E-state index contributed by atoms with van der Waals surface area (Å²) in [6, 6.07) is 18.1. The average molecular weight is 399 g/mol. The second-order valence-electron chi connectivity index (χ2n) is 6.72. The fourth-order valence-electron chi connectivity index (χ4n) is 3.31. The van der Waals surface area contributed by atoms with Crippen molar-refractivity contribution in [3.63, 3.8) is 0 Å². The van der Waals surface area contributed by atoms with Crippen molar-refractivity contribution in [1.82, 2.24) is 4.90 Å². The highest BCUT2D eigenvalue weighted by Crippen LogP contribution is 2.30. The summed E-state index contributed by atoms with van der Waals surface area (Å²) in [5, 5.41) is 0. The predicted molar refractivity (Wildman–Crippen MR) is 105 cm³/mol. The number of nitrogens with zero attached hydrogens (tertiary/aromatic N) is 1. The molecule has 0 saturated carbocycles.